The fourth-order valence-corrected chi connectivity index (χ4v) is 6.05. The smallest absolute Gasteiger partial charge is 0.356 e. The molecule has 1 aliphatic heterocycles. The zero-order valence-corrected chi connectivity index (χ0v) is 25.6. The molecule has 0 fully saturated rings. The minimum atomic E-state index is -4.52. The Hall–Kier alpha value is -2.86. The molecule has 0 saturated heterocycles. The first-order valence-corrected chi connectivity index (χ1v) is 17.2. The molecule has 4 aromatic rings. The van der Waals surface area contributed by atoms with Crippen molar-refractivity contribution in [3.63, 3.8) is 0 Å². The second-order valence-electron chi connectivity index (χ2n) is 9.92. The highest BCUT2D eigenvalue weighted by atomic mass is 31.2. The second-order valence-corrected chi connectivity index (χ2v) is 13.1. The van der Waals surface area contributed by atoms with Gasteiger partial charge in [0, 0.05) is 11.1 Å². The van der Waals surface area contributed by atoms with Gasteiger partial charge in [-0.2, -0.15) is 0 Å². The summed E-state index contributed by atoms with van der Waals surface area (Å²) < 4.78 is 58.9. The van der Waals surface area contributed by atoms with Crippen LogP contribution in [0.5, 0.6) is 11.5 Å². The van der Waals surface area contributed by atoms with Gasteiger partial charge in [-0.05, 0) is 57.9 Å². The molecule has 0 spiro atoms. The van der Waals surface area contributed by atoms with E-state index in [0.717, 1.165) is 0 Å². The Labute approximate surface area is 253 Å². The van der Waals surface area contributed by atoms with E-state index in [1.807, 2.05) is 0 Å². The first-order valence-electron chi connectivity index (χ1n) is 14.0. The van der Waals surface area contributed by atoms with Crippen molar-refractivity contribution >= 4 is 47.3 Å². The first kappa shape index (κ1) is 32.5. The van der Waals surface area contributed by atoms with Crippen molar-refractivity contribution < 1.29 is 57.1 Å². The summed E-state index contributed by atoms with van der Waals surface area (Å²) in [5.41, 5.74) is 1.16. The lowest BCUT2D eigenvalue weighted by molar-refractivity contribution is -0.00704. The molecule has 0 unspecified atom stereocenters. The predicted molar refractivity (Wildman–Crippen MR) is 165 cm³/mol. The third-order valence-electron chi connectivity index (χ3n) is 6.94. The van der Waals surface area contributed by atoms with Gasteiger partial charge in [0.2, 0.25) is 0 Å². The van der Waals surface area contributed by atoms with Gasteiger partial charge in [0.25, 0.3) is 0 Å². The lowest BCUT2D eigenvalue weighted by Gasteiger charge is -2.20. The highest BCUT2D eigenvalue weighted by Gasteiger charge is 2.24. The highest BCUT2D eigenvalue weighted by molar-refractivity contribution is 7.60. The molecule has 0 atom stereocenters. The van der Waals surface area contributed by atoms with E-state index in [0.29, 0.717) is 83.8 Å². The van der Waals surface area contributed by atoms with Crippen molar-refractivity contribution in [1.82, 2.24) is 0 Å². The number of fused-ring (bicyclic) bond motifs is 7. The SMILES string of the molecule is O=P(O)(O)c1ccc2c3c(ccc2c1)OCCOCCOCCOCCOCCOc1ccc2cc(P(=O)(O)O)ccc2c1-3. The average molecular weight is 649 g/mol. The molecule has 0 amide bonds. The minimum absolute atomic E-state index is 0.129. The molecule has 5 rings (SSSR count). The summed E-state index contributed by atoms with van der Waals surface area (Å²) in [5.74, 6) is 0.918. The van der Waals surface area contributed by atoms with Gasteiger partial charge >= 0.3 is 15.2 Å². The van der Waals surface area contributed by atoms with Crippen LogP contribution in [0.25, 0.3) is 32.7 Å². The Morgan fingerprint density at radius 1 is 0.455 bits per heavy atom. The van der Waals surface area contributed by atoms with E-state index in [-0.39, 0.29) is 37.0 Å². The molecule has 12 nitrogen and oxygen atoms in total. The van der Waals surface area contributed by atoms with Gasteiger partial charge in [0.15, 0.2) is 0 Å². The maximum Gasteiger partial charge on any atom is 0.356 e. The highest BCUT2D eigenvalue weighted by Crippen LogP contribution is 2.47. The number of ether oxygens (including phenoxy) is 6. The average Bonchev–Trinajstić information content (AvgIpc) is 2.98. The van der Waals surface area contributed by atoms with Crippen LogP contribution in [0.15, 0.2) is 60.7 Å². The van der Waals surface area contributed by atoms with Crippen molar-refractivity contribution in [3.8, 4) is 22.6 Å². The van der Waals surface area contributed by atoms with E-state index < -0.39 is 15.2 Å². The quantitative estimate of drug-likeness (QED) is 0.235. The molecule has 0 saturated carbocycles. The van der Waals surface area contributed by atoms with Crippen LogP contribution in [0.3, 0.4) is 0 Å². The molecular weight excluding hydrogens is 614 g/mol. The molecule has 1 aliphatic rings. The molecule has 0 aliphatic carbocycles. The summed E-state index contributed by atoms with van der Waals surface area (Å²) in [7, 11) is -9.05. The van der Waals surface area contributed by atoms with E-state index in [1.165, 1.54) is 24.3 Å². The molecule has 44 heavy (non-hydrogen) atoms. The third-order valence-corrected chi connectivity index (χ3v) is 8.84. The summed E-state index contributed by atoms with van der Waals surface area (Å²) in [6.07, 6.45) is 0. The number of hydrogen-bond acceptors (Lipinski definition) is 8. The Kier molecular flexibility index (Phi) is 10.7. The lowest BCUT2D eigenvalue weighted by atomic mass is 9.92. The molecule has 1 heterocycles. The first-order chi connectivity index (χ1) is 21.1. The van der Waals surface area contributed by atoms with E-state index in [1.54, 1.807) is 36.4 Å². The molecule has 4 N–H and O–H groups in total. The summed E-state index contributed by atoms with van der Waals surface area (Å²) in [5, 5.41) is 2.09. The molecule has 0 aromatic heterocycles. The number of hydrogen-bond donors (Lipinski definition) is 4. The van der Waals surface area contributed by atoms with Gasteiger partial charge in [-0.15, -0.1) is 0 Å². The van der Waals surface area contributed by atoms with E-state index in [2.05, 4.69) is 0 Å². The lowest BCUT2D eigenvalue weighted by Crippen LogP contribution is -2.15. The summed E-state index contributed by atoms with van der Waals surface area (Å²) in [6.45, 7) is 3.34. The second kappa shape index (κ2) is 14.5. The monoisotopic (exact) mass is 648 g/mol. The summed E-state index contributed by atoms with van der Waals surface area (Å²) in [4.78, 5) is 39.2. The van der Waals surface area contributed by atoms with Crippen LogP contribution in [0.1, 0.15) is 0 Å². The van der Waals surface area contributed by atoms with Crippen molar-refractivity contribution in [3.05, 3.63) is 60.7 Å². The standard InChI is InChI=1S/C30H34O12P2/c31-43(32,33)23-3-5-25-21(19-23)1-7-27-29(25)30-26-6-4-24(44(34,35)36)20-22(26)2-8-28(30)42-18-16-40-14-12-38-10-9-37-11-13-39-15-17-41-27/h1-8,19-20H,9-18H2,(H2,31,32,33)(H2,34,35,36). The van der Waals surface area contributed by atoms with Crippen molar-refractivity contribution in [1.29, 1.82) is 0 Å². The zero-order chi connectivity index (χ0) is 31.2. The van der Waals surface area contributed by atoms with Crippen molar-refractivity contribution in [2.24, 2.45) is 0 Å². The molecular formula is C30H34O12P2. The van der Waals surface area contributed by atoms with Crippen LogP contribution >= 0.6 is 15.2 Å². The van der Waals surface area contributed by atoms with Gasteiger partial charge < -0.3 is 48.0 Å². The molecule has 0 bridgehead atoms. The number of rotatable bonds is 2. The Morgan fingerprint density at radius 2 is 0.795 bits per heavy atom. The van der Waals surface area contributed by atoms with Gasteiger partial charge in [-0.25, -0.2) is 0 Å². The Bertz CT molecular complexity index is 1570. The topological polar surface area (TPSA) is 170 Å². The minimum Gasteiger partial charge on any atom is -0.491 e. The van der Waals surface area contributed by atoms with Gasteiger partial charge in [-0.3, -0.25) is 9.13 Å². The van der Waals surface area contributed by atoms with Gasteiger partial charge in [-0.1, -0.05) is 24.3 Å². The van der Waals surface area contributed by atoms with Crippen LogP contribution in [-0.2, 0) is 28.1 Å². The van der Waals surface area contributed by atoms with Crippen LogP contribution in [0, 0.1) is 0 Å². The zero-order valence-electron chi connectivity index (χ0n) is 23.8. The normalized spacial score (nSPS) is 16.8. The molecule has 0 radical (unpaired) electrons. The van der Waals surface area contributed by atoms with E-state index >= 15 is 0 Å². The van der Waals surface area contributed by atoms with Gasteiger partial charge in [0.05, 0.1) is 63.5 Å². The largest absolute Gasteiger partial charge is 0.491 e. The maximum absolute atomic E-state index is 12.0. The van der Waals surface area contributed by atoms with Crippen molar-refractivity contribution in [2.45, 2.75) is 0 Å². The summed E-state index contributed by atoms with van der Waals surface area (Å²) in [6, 6.07) is 15.7. The van der Waals surface area contributed by atoms with Crippen molar-refractivity contribution in [2.75, 3.05) is 66.1 Å². The predicted octanol–water partition coefficient (Wildman–Crippen LogP) is 3.10. The molecule has 4 aromatic carbocycles. The number of benzene rings is 4. The molecule has 236 valence electrons. The maximum atomic E-state index is 12.0. The van der Waals surface area contributed by atoms with E-state index in [9.17, 15) is 28.7 Å². The fraction of sp³-hybridized carbons (Fsp3) is 0.333. The third kappa shape index (κ3) is 8.04. The van der Waals surface area contributed by atoms with E-state index in [4.69, 9.17) is 28.4 Å². The van der Waals surface area contributed by atoms with Crippen LogP contribution in [0.4, 0.5) is 0 Å². The Morgan fingerprint density at radius 3 is 1.14 bits per heavy atom. The van der Waals surface area contributed by atoms with Crippen LogP contribution < -0.4 is 20.1 Å². The fourth-order valence-electron chi connectivity index (χ4n) is 4.90. The van der Waals surface area contributed by atoms with Crippen LogP contribution in [0.2, 0.25) is 0 Å². The molecule has 14 heteroatoms. The Balaban J connectivity index is 1.66. The van der Waals surface area contributed by atoms with Crippen LogP contribution in [-0.4, -0.2) is 85.6 Å². The summed E-state index contributed by atoms with van der Waals surface area (Å²) >= 11 is 0. The van der Waals surface area contributed by atoms with Gasteiger partial charge in [0.1, 0.15) is 24.7 Å².